The van der Waals surface area contributed by atoms with E-state index in [4.69, 9.17) is 0 Å². The zero-order valence-corrected chi connectivity index (χ0v) is 8.99. The molecule has 0 bridgehead atoms. The second-order valence-corrected chi connectivity index (χ2v) is 4.81. The maximum absolute atomic E-state index is 10.2. The molecule has 2 rings (SSSR count). The number of benzene rings is 1. The number of hydrogen-bond acceptors (Lipinski definition) is 2. The average Bonchev–Trinajstić information content (AvgIpc) is 2.14. The highest BCUT2D eigenvalue weighted by Crippen LogP contribution is 2.43. The van der Waals surface area contributed by atoms with Crippen LogP contribution in [-0.2, 0) is 0 Å². The smallest absolute Gasteiger partial charge is 0.0877 e. The van der Waals surface area contributed by atoms with Gasteiger partial charge in [0.1, 0.15) is 0 Å². The molecule has 1 atom stereocenters. The van der Waals surface area contributed by atoms with Gasteiger partial charge in [-0.15, -0.1) is 0 Å². The van der Waals surface area contributed by atoms with Crippen LogP contribution in [-0.4, -0.2) is 18.7 Å². The fraction of sp³-hybridized carbons (Fsp3) is 0.500. The van der Waals surface area contributed by atoms with Crippen LogP contribution in [0.5, 0.6) is 0 Å². The Bertz CT molecular complexity index is 346. The summed E-state index contributed by atoms with van der Waals surface area (Å²) in [5.41, 5.74) is 2.13. The molecule has 2 nitrogen and oxygen atoms in total. The van der Waals surface area contributed by atoms with Crippen LogP contribution in [0.1, 0.15) is 25.5 Å². The topological polar surface area (TPSA) is 23.5 Å². The van der Waals surface area contributed by atoms with E-state index < -0.39 is 0 Å². The number of aliphatic hydroxyl groups excluding tert-OH is 1. The Hall–Kier alpha value is -1.02. The highest BCUT2D eigenvalue weighted by molar-refractivity contribution is 5.56. The quantitative estimate of drug-likeness (QED) is 0.679. The summed E-state index contributed by atoms with van der Waals surface area (Å²) in [4.78, 5) is 2.21. The Labute approximate surface area is 85.2 Å². The Morgan fingerprint density at radius 1 is 1.36 bits per heavy atom. The third-order valence-electron chi connectivity index (χ3n) is 3.03. The fourth-order valence-corrected chi connectivity index (χ4v) is 2.27. The predicted molar refractivity (Wildman–Crippen MR) is 58.5 cm³/mol. The molecule has 0 spiro atoms. The van der Waals surface area contributed by atoms with Crippen molar-refractivity contribution in [3.8, 4) is 0 Å². The molecule has 0 radical (unpaired) electrons. The molecule has 1 aliphatic rings. The normalized spacial score (nSPS) is 24.6. The van der Waals surface area contributed by atoms with E-state index in [-0.39, 0.29) is 11.5 Å². The van der Waals surface area contributed by atoms with E-state index in [1.165, 1.54) is 0 Å². The molecule has 2 heteroatoms. The molecular formula is C12H17NO. The Balaban J connectivity index is 2.52. The zero-order chi connectivity index (χ0) is 10.3. The van der Waals surface area contributed by atoms with Crippen LogP contribution in [0.15, 0.2) is 24.3 Å². The van der Waals surface area contributed by atoms with Crippen molar-refractivity contribution in [1.82, 2.24) is 0 Å². The molecule has 0 unspecified atom stereocenters. The van der Waals surface area contributed by atoms with Gasteiger partial charge in [-0.05, 0) is 6.07 Å². The second-order valence-electron chi connectivity index (χ2n) is 4.81. The van der Waals surface area contributed by atoms with Crippen LogP contribution in [0, 0.1) is 5.41 Å². The largest absolute Gasteiger partial charge is 0.388 e. The van der Waals surface area contributed by atoms with Gasteiger partial charge in [0.05, 0.1) is 6.10 Å². The van der Waals surface area contributed by atoms with Crippen LogP contribution in [0.3, 0.4) is 0 Å². The molecule has 1 aromatic rings. The third kappa shape index (κ3) is 1.30. The molecular weight excluding hydrogens is 174 g/mol. The van der Waals surface area contributed by atoms with Crippen LogP contribution in [0.4, 0.5) is 5.69 Å². The zero-order valence-electron chi connectivity index (χ0n) is 8.99. The SMILES string of the molecule is CN1CC(C)(C)[C@@H](O)c2ccccc21. The van der Waals surface area contributed by atoms with E-state index in [9.17, 15) is 5.11 Å². The second kappa shape index (κ2) is 2.99. The van der Waals surface area contributed by atoms with Gasteiger partial charge in [0.15, 0.2) is 0 Å². The molecule has 76 valence electrons. The summed E-state index contributed by atoms with van der Waals surface area (Å²) in [5.74, 6) is 0. The third-order valence-corrected chi connectivity index (χ3v) is 3.03. The van der Waals surface area contributed by atoms with Crippen molar-refractivity contribution in [2.24, 2.45) is 5.41 Å². The minimum atomic E-state index is -0.352. The number of nitrogens with zero attached hydrogens (tertiary/aromatic N) is 1. The van der Waals surface area contributed by atoms with Gasteiger partial charge in [-0.25, -0.2) is 0 Å². The van der Waals surface area contributed by atoms with Crippen molar-refractivity contribution in [2.45, 2.75) is 20.0 Å². The van der Waals surface area contributed by atoms with E-state index in [0.29, 0.717) is 0 Å². The fourth-order valence-electron chi connectivity index (χ4n) is 2.27. The predicted octanol–water partition coefficient (Wildman–Crippen LogP) is 2.20. The first kappa shape index (κ1) is 9.53. The van der Waals surface area contributed by atoms with E-state index in [1.54, 1.807) is 0 Å². The van der Waals surface area contributed by atoms with Gasteiger partial charge in [0.25, 0.3) is 0 Å². The molecule has 0 saturated heterocycles. The lowest BCUT2D eigenvalue weighted by molar-refractivity contribution is 0.0486. The van der Waals surface area contributed by atoms with E-state index >= 15 is 0 Å². The summed E-state index contributed by atoms with van der Waals surface area (Å²) >= 11 is 0. The van der Waals surface area contributed by atoms with Crippen LogP contribution in [0.2, 0.25) is 0 Å². The number of para-hydroxylation sites is 1. The molecule has 0 aromatic heterocycles. The minimum Gasteiger partial charge on any atom is -0.388 e. The number of fused-ring (bicyclic) bond motifs is 1. The van der Waals surface area contributed by atoms with Crippen LogP contribution >= 0.6 is 0 Å². The molecule has 1 N–H and O–H groups in total. The van der Waals surface area contributed by atoms with Crippen molar-refractivity contribution in [1.29, 1.82) is 0 Å². The molecule has 0 amide bonds. The van der Waals surface area contributed by atoms with Crippen LogP contribution in [0.25, 0.3) is 0 Å². The monoisotopic (exact) mass is 191 g/mol. The van der Waals surface area contributed by atoms with Crippen molar-refractivity contribution in [2.75, 3.05) is 18.5 Å². The molecule has 1 aromatic carbocycles. The number of rotatable bonds is 0. The average molecular weight is 191 g/mol. The van der Waals surface area contributed by atoms with Gasteiger partial charge >= 0.3 is 0 Å². The maximum Gasteiger partial charge on any atom is 0.0877 e. The van der Waals surface area contributed by atoms with Gasteiger partial charge < -0.3 is 10.0 Å². The summed E-state index contributed by atoms with van der Waals surface area (Å²) in [6.45, 7) is 5.10. The first-order chi connectivity index (χ1) is 6.52. The molecule has 14 heavy (non-hydrogen) atoms. The summed E-state index contributed by atoms with van der Waals surface area (Å²) in [6.07, 6.45) is -0.352. The maximum atomic E-state index is 10.2. The summed E-state index contributed by atoms with van der Waals surface area (Å²) in [5, 5.41) is 10.2. The van der Waals surface area contributed by atoms with E-state index in [1.807, 2.05) is 18.2 Å². The summed E-state index contributed by atoms with van der Waals surface area (Å²) < 4.78 is 0. The minimum absolute atomic E-state index is 0.0664. The molecule has 1 heterocycles. The standard InChI is InChI=1S/C12H17NO/c1-12(2)8-13(3)10-7-5-4-6-9(10)11(12)14/h4-7,11,14H,8H2,1-3H3/t11-/m0/s1. The van der Waals surface area contributed by atoms with Crippen molar-refractivity contribution in [3.63, 3.8) is 0 Å². The Morgan fingerprint density at radius 3 is 2.71 bits per heavy atom. The number of anilines is 1. The first-order valence-electron chi connectivity index (χ1n) is 5.00. The first-order valence-corrected chi connectivity index (χ1v) is 5.00. The Morgan fingerprint density at radius 2 is 2.00 bits per heavy atom. The van der Waals surface area contributed by atoms with Crippen molar-refractivity contribution in [3.05, 3.63) is 29.8 Å². The van der Waals surface area contributed by atoms with E-state index in [0.717, 1.165) is 17.8 Å². The molecule has 1 aliphatic heterocycles. The van der Waals surface area contributed by atoms with Crippen LogP contribution < -0.4 is 4.90 Å². The van der Waals surface area contributed by atoms with Gasteiger partial charge in [-0.2, -0.15) is 0 Å². The number of hydrogen-bond donors (Lipinski definition) is 1. The van der Waals surface area contributed by atoms with Gasteiger partial charge in [0.2, 0.25) is 0 Å². The summed E-state index contributed by atoms with van der Waals surface area (Å²) in [7, 11) is 2.08. The summed E-state index contributed by atoms with van der Waals surface area (Å²) in [6, 6.07) is 8.07. The highest BCUT2D eigenvalue weighted by Gasteiger charge is 2.36. The lowest BCUT2D eigenvalue weighted by atomic mass is 9.78. The molecule has 0 fully saturated rings. The number of aliphatic hydroxyl groups is 1. The van der Waals surface area contributed by atoms with Crippen molar-refractivity contribution >= 4 is 5.69 Å². The molecule has 0 aliphatic carbocycles. The van der Waals surface area contributed by atoms with E-state index in [2.05, 4.69) is 31.9 Å². The van der Waals surface area contributed by atoms with Gasteiger partial charge in [-0.1, -0.05) is 32.0 Å². The lowest BCUT2D eigenvalue weighted by Gasteiger charge is -2.42. The molecule has 0 saturated carbocycles. The lowest BCUT2D eigenvalue weighted by Crippen LogP contribution is -2.41. The highest BCUT2D eigenvalue weighted by atomic mass is 16.3. The van der Waals surface area contributed by atoms with Gasteiger partial charge in [-0.3, -0.25) is 0 Å². The van der Waals surface area contributed by atoms with Gasteiger partial charge in [0, 0.05) is 30.3 Å². The Kier molecular flexibility index (Phi) is 2.04. The van der Waals surface area contributed by atoms with Crippen molar-refractivity contribution < 1.29 is 5.11 Å².